The van der Waals surface area contributed by atoms with Gasteiger partial charge >= 0.3 is 6.03 Å². The monoisotopic (exact) mass is 565 g/mol. The van der Waals surface area contributed by atoms with E-state index in [0.717, 1.165) is 32.1 Å². The Morgan fingerprint density at radius 3 is 2.12 bits per heavy atom. The lowest BCUT2D eigenvalue weighted by Crippen LogP contribution is -2.61. The molecule has 0 radical (unpaired) electrons. The molecule has 0 spiro atoms. The van der Waals surface area contributed by atoms with Gasteiger partial charge in [0.1, 0.15) is 18.4 Å². The summed E-state index contributed by atoms with van der Waals surface area (Å²) in [5, 5.41) is 13.9. The smallest absolute Gasteiger partial charge is 0.315 e. The van der Waals surface area contributed by atoms with Crippen molar-refractivity contribution in [2.45, 2.75) is 135 Å². The quantitative estimate of drug-likeness (QED) is 0.229. The summed E-state index contributed by atoms with van der Waals surface area (Å²) < 4.78 is 6.02. The van der Waals surface area contributed by atoms with Crippen molar-refractivity contribution in [3.8, 4) is 0 Å². The number of aldehydes is 1. The van der Waals surface area contributed by atoms with Crippen LogP contribution in [0.2, 0.25) is 0 Å². The number of rotatable bonds is 12. The van der Waals surface area contributed by atoms with E-state index in [1.165, 1.54) is 0 Å². The number of nitrogens with one attached hydrogen (secondary N) is 5. The van der Waals surface area contributed by atoms with Crippen molar-refractivity contribution in [2.75, 3.05) is 6.54 Å². The van der Waals surface area contributed by atoms with Crippen molar-refractivity contribution in [2.24, 2.45) is 11.8 Å². The van der Waals surface area contributed by atoms with Gasteiger partial charge in [-0.05, 0) is 73.6 Å². The number of ether oxygens (including phenoxy) is 1. The second-order valence-corrected chi connectivity index (χ2v) is 13.3. The van der Waals surface area contributed by atoms with Gasteiger partial charge in [0.15, 0.2) is 0 Å². The average Bonchev–Trinajstić information content (AvgIpc) is 3.24. The first-order valence-corrected chi connectivity index (χ1v) is 14.7. The second kappa shape index (κ2) is 14.8. The molecule has 2 rings (SSSR count). The van der Waals surface area contributed by atoms with Crippen LogP contribution in [0.25, 0.3) is 0 Å². The third kappa shape index (κ3) is 11.8. The molecule has 5 atom stereocenters. The van der Waals surface area contributed by atoms with Crippen LogP contribution in [0.5, 0.6) is 0 Å². The van der Waals surface area contributed by atoms with Crippen molar-refractivity contribution in [1.82, 2.24) is 26.6 Å². The predicted molar refractivity (Wildman–Crippen MR) is 152 cm³/mol. The molecule has 40 heavy (non-hydrogen) atoms. The first-order chi connectivity index (χ1) is 18.6. The Balaban J connectivity index is 2.22. The molecular weight excluding hydrogens is 514 g/mol. The number of hydrogen-bond acceptors (Lipinski definition) is 6. The van der Waals surface area contributed by atoms with E-state index in [9.17, 15) is 24.0 Å². The summed E-state index contributed by atoms with van der Waals surface area (Å²) in [6, 6.07) is -3.36. The van der Waals surface area contributed by atoms with Crippen LogP contribution < -0.4 is 26.6 Å². The lowest BCUT2D eigenvalue weighted by atomic mass is 9.84. The van der Waals surface area contributed by atoms with Gasteiger partial charge in [0.2, 0.25) is 17.7 Å². The molecule has 3 unspecified atom stereocenters. The van der Waals surface area contributed by atoms with E-state index in [0.29, 0.717) is 25.7 Å². The molecule has 228 valence electrons. The molecule has 1 aliphatic carbocycles. The van der Waals surface area contributed by atoms with E-state index in [4.69, 9.17) is 4.74 Å². The summed E-state index contributed by atoms with van der Waals surface area (Å²) in [6.07, 6.45) is 6.36. The van der Waals surface area contributed by atoms with E-state index >= 15 is 0 Å². The second-order valence-electron chi connectivity index (χ2n) is 13.3. The van der Waals surface area contributed by atoms with Gasteiger partial charge < -0.3 is 36.1 Å². The highest BCUT2D eigenvalue weighted by molar-refractivity contribution is 5.93. The summed E-state index contributed by atoms with van der Waals surface area (Å²) in [5.74, 6) is -1.24. The molecule has 2 fully saturated rings. The van der Waals surface area contributed by atoms with Crippen molar-refractivity contribution in [3.63, 3.8) is 0 Å². The topological polar surface area (TPSA) is 155 Å². The zero-order chi connectivity index (χ0) is 30.1. The zero-order valence-corrected chi connectivity index (χ0v) is 25.4. The minimum Gasteiger partial charge on any atom is -0.370 e. The summed E-state index contributed by atoms with van der Waals surface area (Å²) in [7, 11) is 0. The van der Waals surface area contributed by atoms with Crippen LogP contribution in [0.15, 0.2) is 0 Å². The van der Waals surface area contributed by atoms with Crippen LogP contribution in [0.3, 0.4) is 0 Å². The van der Waals surface area contributed by atoms with Crippen LogP contribution in [-0.4, -0.2) is 72.0 Å². The molecule has 0 aromatic heterocycles. The lowest BCUT2D eigenvalue weighted by molar-refractivity contribution is -0.135. The average molecular weight is 566 g/mol. The normalized spacial score (nSPS) is 21.4. The molecule has 0 aromatic carbocycles. The SMILES string of the molecule is C[C@@H](OC(C)(C)C)[C@H](NC(=O)NC(C)(C)C)C(=O)NC(CC1CCCCC1)C(=O)NC(C=O)CC1CCNC1=O. The summed E-state index contributed by atoms with van der Waals surface area (Å²) in [5.41, 5.74) is -1.11. The highest BCUT2D eigenvalue weighted by Gasteiger charge is 2.36. The molecule has 1 saturated heterocycles. The van der Waals surface area contributed by atoms with E-state index in [1.807, 2.05) is 41.5 Å². The van der Waals surface area contributed by atoms with Gasteiger partial charge in [0, 0.05) is 18.0 Å². The Bertz CT molecular complexity index is 890. The van der Waals surface area contributed by atoms with E-state index < -0.39 is 53.2 Å². The molecule has 1 saturated carbocycles. The van der Waals surface area contributed by atoms with Crippen LogP contribution in [0.1, 0.15) is 99.8 Å². The van der Waals surface area contributed by atoms with Crippen molar-refractivity contribution >= 4 is 30.0 Å². The molecule has 11 nitrogen and oxygen atoms in total. The van der Waals surface area contributed by atoms with Gasteiger partial charge in [0.05, 0.1) is 17.7 Å². The zero-order valence-electron chi connectivity index (χ0n) is 25.4. The van der Waals surface area contributed by atoms with Crippen LogP contribution >= 0.6 is 0 Å². The molecule has 2 aliphatic rings. The summed E-state index contributed by atoms with van der Waals surface area (Å²) in [4.78, 5) is 63.8. The molecule has 1 aliphatic heterocycles. The highest BCUT2D eigenvalue weighted by atomic mass is 16.5. The van der Waals surface area contributed by atoms with Crippen LogP contribution in [0, 0.1) is 11.8 Å². The molecule has 0 aromatic rings. The van der Waals surface area contributed by atoms with Gasteiger partial charge in [-0.2, -0.15) is 0 Å². The molecule has 1 heterocycles. The van der Waals surface area contributed by atoms with Crippen molar-refractivity contribution < 1.29 is 28.7 Å². The lowest BCUT2D eigenvalue weighted by Gasteiger charge is -2.33. The molecular formula is C29H51N5O6. The third-order valence-corrected chi connectivity index (χ3v) is 7.19. The number of amides is 5. The third-order valence-electron chi connectivity index (χ3n) is 7.19. The van der Waals surface area contributed by atoms with Gasteiger partial charge in [-0.1, -0.05) is 32.1 Å². The Morgan fingerprint density at radius 1 is 0.950 bits per heavy atom. The molecule has 11 heteroatoms. The Morgan fingerprint density at radius 2 is 1.60 bits per heavy atom. The van der Waals surface area contributed by atoms with Gasteiger partial charge in [-0.15, -0.1) is 0 Å². The van der Waals surface area contributed by atoms with Crippen molar-refractivity contribution in [3.05, 3.63) is 0 Å². The molecule has 5 N–H and O–H groups in total. The minimum atomic E-state index is -1.08. The number of hydrogen-bond donors (Lipinski definition) is 5. The van der Waals surface area contributed by atoms with Crippen LogP contribution in [-0.2, 0) is 23.9 Å². The van der Waals surface area contributed by atoms with Gasteiger partial charge in [-0.3, -0.25) is 14.4 Å². The first-order valence-electron chi connectivity index (χ1n) is 14.7. The Labute approximate surface area is 239 Å². The molecule has 0 bridgehead atoms. The fraction of sp³-hybridized carbons (Fsp3) is 0.828. The summed E-state index contributed by atoms with van der Waals surface area (Å²) in [6.45, 7) is 13.3. The fourth-order valence-electron chi connectivity index (χ4n) is 5.40. The first kappa shape index (κ1) is 33.5. The maximum atomic E-state index is 13.7. The van der Waals surface area contributed by atoms with E-state index in [2.05, 4.69) is 26.6 Å². The Hall–Kier alpha value is -2.69. The highest BCUT2D eigenvalue weighted by Crippen LogP contribution is 2.28. The van der Waals surface area contributed by atoms with Crippen molar-refractivity contribution in [1.29, 1.82) is 0 Å². The maximum absolute atomic E-state index is 13.7. The van der Waals surface area contributed by atoms with E-state index in [-0.39, 0.29) is 24.2 Å². The van der Waals surface area contributed by atoms with Gasteiger partial charge in [-0.25, -0.2) is 4.79 Å². The summed E-state index contributed by atoms with van der Waals surface area (Å²) >= 11 is 0. The van der Waals surface area contributed by atoms with E-state index in [1.54, 1.807) is 6.92 Å². The maximum Gasteiger partial charge on any atom is 0.315 e. The number of carbonyl (C=O) groups is 5. The fourth-order valence-corrected chi connectivity index (χ4v) is 5.40. The largest absolute Gasteiger partial charge is 0.370 e. The standard InChI is InChI=1S/C29H51N5O6/c1-18(40-29(5,6)7)23(33-27(39)34-28(2,3)4)26(38)32-22(15-19-11-9-8-10-12-19)25(37)31-21(17-35)16-20-13-14-30-24(20)36/h17-23H,8-16H2,1-7H3,(H,30,36)(H,31,37)(H,32,38)(H2,33,34,39)/t18-,20?,21?,22?,23+/m1/s1. The minimum absolute atomic E-state index is 0.122. The predicted octanol–water partition coefficient (Wildman–Crippen LogP) is 2.32. The Kier molecular flexibility index (Phi) is 12.4. The van der Waals surface area contributed by atoms with Crippen LogP contribution in [0.4, 0.5) is 4.79 Å². The number of urea groups is 1. The van der Waals surface area contributed by atoms with Gasteiger partial charge in [0.25, 0.3) is 0 Å². The molecule has 5 amide bonds. The number of carbonyl (C=O) groups excluding carboxylic acids is 5.